The van der Waals surface area contributed by atoms with Crippen molar-refractivity contribution >= 4 is 6.16 Å². The molecule has 0 aliphatic rings. The van der Waals surface area contributed by atoms with Gasteiger partial charge in [0.1, 0.15) is 6.10 Å². The van der Waals surface area contributed by atoms with Crippen LogP contribution in [0.5, 0.6) is 0 Å². The maximum absolute atomic E-state index is 11.7. The second kappa shape index (κ2) is 5.74. The lowest BCUT2D eigenvalue weighted by atomic mass is 10.1. The fourth-order valence-electron chi connectivity index (χ4n) is 0.801. The van der Waals surface area contributed by atoms with E-state index in [0.717, 1.165) is 0 Å². The number of hydrogen-bond donors (Lipinski definition) is 1. The fraction of sp³-hybridized carbons (Fsp3) is 0.857. The molecule has 12 heavy (non-hydrogen) atoms. The van der Waals surface area contributed by atoms with Crippen LogP contribution in [0, 0.1) is 0 Å². The topological polar surface area (TPSA) is 46.5 Å². The van der Waals surface area contributed by atoms with Crippen LogP contribution >= 0.6 is 0 Å². The summed E-state index contributed by atoms with van der Waals surface area (Å²) in [7, 11) is 0. The van der Waals surface area contributed by atoms with E-state index in [1.807, 2.05) is 0 Å². The normalized spacial score (nSPS) is 13.0. The van der Waals surface area contributed by atoms with E-state index in [4.69, 9.17) is 5.11 Å². The molecule has 0 spiro atoms. The molecule has 0 aliphatic heterocycles. The summed E-state index contributed by atoms with van der Waals surface area (Å²) in [4.78, 5) is 10.0. The molecule has 0 aliphatic carbocycles. The molecule has 0 saturated carbocycles. The molecular weight excluding hydrogens is 170 g/mol. The molecule has 5 heteroatoms. The Hall–Kier alpha value is -0.870. The van der Waals surface area contributed by atoms with Gasteiger partial charge in [0.15, 0.2) is 0 Å². The Balaban J connectivity index is 3.60. The van der Waals surface area contributed by atoms with E-state index in [2.05, 4.69) is 4.74 Å². The number of hydrogen-bond acceptors (Lipinski definition) is 2. The number of halogens is 2. The molecule has 0 aromatic carbocycles. The third kappa shape index (κ3) is 5.88. The molecule has 0 aromatic heterocycles. The highest BCUT2D eigenvalue weighted by atomic mass is 19.3. The van der Waals surface area contributed by atoms with E-state index in [1.165, 1.54) is 0 Å². The molecule has 0 saturated heterocycles. The molecule has 72 valence electrons. The van der Waals surface area contributed by atoms with Gasteiger partial charge in [-0.15, -0.1) is 0 Å². The van der Waals surface area contributed by atoms with E-state index in [1.54, 1.807) is 6.92 Å². The molecule has 1 unspecified atom stereocenters. The first-order valence-corrected chi connectivity index (χ1v) is 3.74. The molecule has 0 radical (unpaired) electrons. The number of carboxylic acid groups (broad SMARTS) is 1. The highest BCUT2D eigenvalue weighted by molar-refractivity contribution is 5.57. The molecule has 3 nitrogen and oxygen atoms in total. The Labute approximate surface area is 69.3 Å². The summed E-state index contributed by atoms with van der Waals surface area (Å²) in [5.74, 6) is 0. The van der Waals surface area contributed by atoms with Crippen molar-refractivity contribution in [2.45, 2.75) is 38.7 Å². The van der Waals surface area contributed by atoms with Crippen LogP contribution in [0.15, 0.2) is 0 Å². The lowest BCUT2D eigenvalue weighted by molar-refractivity contribution is 0.0344. The Kier molecular flexibility index (Phi) is 5.32. The van der Waals surface area contributed by atoms with Crippen LogP contribution in [-0.2, 0) is 4.74 Å². The smallest absolute Gasteiger partial charge is 0.450 e. The van der Waals surface area contributed by atoms with Gasteiger partial charge in [0.05, 0.1) is 0 Å². The summed E-state index contributed by atoms with van der Waals surface area (Å²) < 4.78 is 27.7. The molecule has 0 amide bonds. The van der Waals surface area contributed by atoms with Crippen LogP contribution in [0.25, 0.3) is 0 Å². The minimum atomic E-state index is -2.39. The summed E-state index contributed by atoms with van der Waals surface area (Å²) in [5, 5.41) is 8.17. The highest BCUT2D eigenvalue weighted by Gasteiger charge is 2.13. The van der Waals surface area contributed by atoms with Gasteiger partial charge in [-0.1, -0.05) is 6.92 Å². The molecule has 0 fully saturated rings. The SMILES string of the molecule is CCC(CCC(F)F)OC(=O)O. The zero-order valence-corrected chi connectivity index (χ0v) is 6.80. The van der Waals surface area contributed by atoms with E-state index >= 15 is 0 Å². The quantitative estimate of drug-likeness (QED) is 0.664. The van der Waals surface area contributed by atoms with Crippen molar-refractivity contribution in [3.05, 3.63) is 0 Å². The second-order valence-corrected chi connectivity index (χ2v) is 2.38. The van der Waals surface area contributed by atoms with Gasteiger partial charge in [0.25, 0.3) is 0 Å². The average molecular weight is 182 g/mol. The van der Waals surface area contributed by atoms with Crippen LogP contribution in [0.1, 0.15) is 26.2 Å². The highest BCUT2D eigenvalue weighted by Crippen LogP contribution is 2.11. The molecular formula is C7H12F2O3. The van der Waals surface area contributed by atoms with Crippen molar-refractivity contribution in [2.24, 2.45) is 0 Å². The Bertz CT molecular complexity index is 139. The van der Waals surface area contributed by atoms with Gasteiger partial charge in [0, 0.05) is 6.42 Å². The minimum Gasteiger partial charge on any atom is -0.450 e. The third-order valence-electron chi connectivity index (χ3n) is 1.43. The van der Waals surface area contributed by atoms with Crippen molar-refractivity contribution in [2.75, 3.05) is 0 Å². The van der Waals surface area contributed by atoms with Gasteiger partial charge in [-0.2, -0.15) is 0 Å². The molecule has 0 aromatic rings. The summed E-state index contributed by atoms with van der Waals surface area (Å²) in [6.45, 7) is 1.69. The van der Waals surface area contributed by atoms with Gasteiger partial charge < -0.3 is 9.84 Å². The van der Waals surface area contributed by atoms with Crippen LogP contribution in [0.4, 0.5) is 13.6 Å². The second-order valence-electron chi connectivity index (χ2n) is 2.38. The number of alkyl halides is 2. The number of ether oxygens (including phenoxy) is 1. The summed E-state index contributed by atoms with van der Waals surface area (Å²) in [6, 6.07) is 0. The van der Waals surface area contributed by atoms with Gasteiger partial charge in [-0.05, 0) is 12.8 Å². The molecule has 0 rings (SSSR count). The van der Waals surface area contributed by atoms with E-state index in [9.17, 15) is 13.6 Å². The molecule has 1 atom stereocenters. The van der Waals surface area contributed by atoms with E-state index in [-0.39, 0.29) is 12.8 Å². The lowest BCUT2D eigenvalue weighted by Crippen LogP contribution is -2.16. The third-order valence-corrected chi connectivity index (χ3v) is 1.43. The van der Waals surface area contributed by atoms with Crippen LogP contribution in [-0.4, -0.2) is 23.8 Å². The number of carbonyl (C=O) groups is 1. The standard InChI is InChI=1S/C7H12F2O3/c1-2-5(12-7(10)11)3-4-6(8)9/h5-6H,2-4H2,1H3,(H,10,11). The maximum Gasteiger partial charge on any atom is 0.506 e. The molecule has 0 bridgehead atoms. The van der Waals surface area contributed by atoms with E-state index < -0.39 is 18.7 Å². The molecule has 1 N–H and O–H groups in total. The lowest BCUT2D eigenvalue weighted by Gasteiger charge is -2.12. The van der Waals surface area contributed by atoms with Crippen LogP contribution < -0.4 is 0 Å². The Morgan fingerprint density at radius 2 is 2.08 bits per heavy atom. The van der Waals surface area contributed by atoms with E-state index in [0.29, 0.717) is 6.42 Å². The van der Waals surface area contributed by atoms with Gasteiger partial charge in [-0.3, -0.25) is 0 Å². The van der Waals surface area contributed by atoms with Gasteiger partial charge in [0.2, 0.25) is 6.43 Å². The number of rotatable bonds is 5. The Morgan fingerprint density at radius 3 is 2.42 bits per heavy atom. The summed E-state index contributed by atoms with van der Waals surface area (Å²) >= 11 is 0. The fourth-order valence-corrected chi connectivity index (χ4v) is 0.801. The van der Waals surface area contributed by atoms with Crippen LogP contribution in [0.2, 0.25) is 0 Å². The molecule has 0 heterocycles. The first-order chi connectivity index (χ1) is 5.56. The monoisotopic (exact) mass is 182 g/mol. The first-order valence-electron chi connectivity index (χ1n) is 3.74. The zero-order valence-electron chi connectivity index (χ0n) is 6.80. The van der Waals surface area contributed by atoms with Crippen molar-refractivity contribution in [1.82, 2.24) is 0 Å². The largest absolute Gasteiger partial charge is 0.506 e. The first kappa shape index (κ1) is 11.1. The predicted octanol–water partition coefficient (Wildman–Crippen LogP) is 2.50. The maximum atomic E-state index is 11.7. The van der Waals surface area contributed by atoms with Crippen molar-refractivity contribution in [3.8, 4) is 0 Å². The van der Waals surface area contributed by atoms with Crippen LogP contribution in [0.3, 0.4) is 0 Å². The predicted molar refractivity (Wildman–Crippen MR) is 38.4 cm³/mol. The Morgan fingerprint density at radius 1 is 1.50 bits per heavy atom. The zero-order chi connectivity index (χ0) is 9.56. The van der Waals surface area contributed by atoms with Crippen molar-refractivity contribution < 1.29 is 23.4 Å². The van der Waals surface area contributed by atoms with Gasteiger partial charge in [-0.25, -0.2) is 13.6 Å². The average Bonchev–Trinajstić information content (AvgIpc) is 1.97. The van der Waals surface area contributed by atoms with Crippen molar-refractivity contribution in [1.29, 1.82) is 0 Å². The van der Waals surface area contributed by atoms with Gasteiger partial charge >= 0.3 is 6.16 Å². The minimum absolute atomic E-state index is 0.0838. The van der Waals surface area contributed by atoms with Crippen molar-refractivity contribution in [3.63, 3.8) is 0 Å². The summed E-state index contributed by atoms with van der Waals surface area (Å²) in [5.41, 5.74) is 0. The summed E-state index contributed by atoms with van der Waals surface area (Å²) in [6.07, 6.45) is -4.20.